The second kappa shape index (κ2) is 4.89. The van der Waals surface area contributed by atoms with Gasteiger partial charge in [0.2, 0.25) is 0 Å². The minimum Gasteiger partial charge on any atom is -0.437 e. The van der Waals surface area contributed by atoms with Crippen LogP contribution in [0, 0.1) is 0 Å². The van der Waals surface area contributed by atoms with Gasteiger partial charge < -0.3 is 15.6 Å². The first-order valence-electron chi connectivity index (χ1n) is 5.94. The van der Waals surface area contributed by atoms with Crippen molar-refractivity contribution in [3.63, 3.8) is 0 Å². The number of benzene rings is 1. The molecule has 1 heterocycles. The maximum Gasteiger partial charge on any atom is 0.376 e. The average molecular weight is 218 g/mol. The quantitative estimate of drug-likeness (QED) is 0.585. The van der Waals surface area contributed by atoms with Gasteiger partial charge in [0.05, 0.1) is 0 Å². The highest BCUT2D eigenvalue weighted by Gasteiger charge is 2.24. The zero-order chi connectivity index (χ0) is 11.5. The Morgan fingerprint density at radius 2 is 1.81 bits per heavy atom. The van der Waals surface area contributed by atoms with Gasteiger partial charge in [0.1, 0.15) is 0 Å². The maximum atomic E-state index is 9.48. The van der Waals surface area contributed by atoms with Crippen LogP contribution in [0.25, 0.3) is 0 Å². The summed E-state index contributed by atoms with van der Waals surface area (Å²) < 4.78 is 0. The molecule has 1 saturated heterocycles. The molecule has 1 aliphatic rings. The Morgan fingerprint density at radius 1 is 1.25 bits per heavy atom. The van der Waals surface area contributed by atoms with Gasteiger partial charge >= 0.3 is 7.05 Å². The number of nitrogens with two attached hydrogens (primary N) is 1. The van der Waals surface area contributed by atoms with Crippen molar-refractivity contribution in [2.75, 3.05) is 18.8 Å². The number of hydrogen-bond donors (Lipinski definition) is 2. The average Bonchev–Trinajstić information content (AvgIpc) is 2.30. The third-order valence-corrected chi connectivity index (χ3v) is 3.47. The monoisotopic (exact) mass is 218 g/mol. The molecular formula is C12H19BN2O. The van der Waals surface area contributed by atoms with E-state index < -0.39 is 0 Å². The van der Waals surface area contributed by atoms with E-state index in [4.69, 9.17) is 5.73 Å². The van der Waals surface area contributed by atoms with Crippen molar-refractivity contribution in [2.24, 2.45) is 0 Å². The van der Waals surface area contributed by atoms with Crippen molar-refractivity contribution in [3.05, 3.63) is 29.8 Å². The highest BCUT2D eigenvalue weighted by atomic mass is 16.2. The molecule has 3 nitrogen and oxygen atoms in total. The van der Waals surface area contributed by atoms with Gasteiger partial charge in [-0.3, -0.25) is 0 Å². The summed E-state index contributed by atoms with van der Waals surface area (Å²) in [6.07, 6.45) is 2.24. The van der Waals surface area contributed by atoms with Crippen molar-refractivity contribution in [3.8, 4) is 0 Å². The lowest BCUT2D eigenvalue weighted by atomic mass is 9.79. The molecule has 2 rings (SSSR count). The zero-order valence-corrected chi connectivity index (χ0v) is 9.76. The number of hydrogen-bond acceptors (Lipinski definition) is 3. The normalized spacial score (nSPS) is 18.6. The molecule has 1 aromatic carbocycles. The van der Waals surface area contributed by atoms with Crippen LogP contribution >= 0.6 is 0 Å². The molecule has 0 aromatic heterocycles. The van der Waals surface area contributed by atoms with E-state index in [0.29, 0.717) is 5.92 Å². The lowest BCUT2D eigenvalue weighted by molar-refractivity contribution is 0.289. The third kappa shape index (κ3) is 2.57. The van der Waals surface area contributed by atoms with Gasteiger partial charge in [0.25, 0.3) is 0 Å². The predicted molar refractivity (Wildman–Crippen MR) is 68.2 cm³/mol. The van der Waals surface area contributed by atoms with E-state index >= 15 is 0 Å². The lowest BCUT2D eigenvalue weighted by Gasteiger charge is -2.32. The molecular weight excluding hydrogens is 199 g/mol. The Bertz CT molecular complexity index is 331. The summed E-state index contributed by atoms with van der Waals surface area (Å²) in [5, 5.41) is 9.48. The molecule has 0 saturated carbocycles. The van der Waals surface area contributed by atoms with Crippen molar-refractivity contribution in [2.45, 2.75) is 25.6 Å². The summed E-state index contributed by atoms with van der Waals surface area (Å²) in [6, 6.07) is 8.18. The molecule has 16 heavy (non-hydrogen) atoms. The molecule has 1 fully saturated rings. The van der Waals surface area contributed by atoms with Gasteiger partial charge in [-0.15, -0.1) is 0 Å². The molecule has 4 heteroatoms. The molecule has 0 spiro atoms. The van der Waals surface area contributed by atoms with Crippen molar-refractivity contribution < 1.29 is 5.02 Å². The molecule has 1 aromatic rings. The van der Waals surface area contributed by atoms with E-state index in [1.165, 1.54) is 5.56 Å². The SMILES string of the molecule is CB(O)N1CCC(c2ccc(N)cc2)CC1. The van der Waals surface area contributed by atoms with Gasteiger partial charge in [-0.25, -0.2) is 0 Å². The van der Waals surface area contributed by atoms with E-state index in [1.807, 2.05) is 19.0 Å². The molecule has 0 aliphatic carbocycles. The number of rotatable bonds is 2. The highest BCUT2D eigenvalue weighted by Crippen LogP contribution is 2.28. The summed E-state index contributed by atoms with van der Waals surface area (Å²) in [4.78, 5) is 2.12. The maximum absolute atomic E-state index is 9.48. The van der Waals surface area contributed by atoms with Crippen LogP contribution in [0.1, 0.15) is 24.3 Å². The number of anilines is 1. The van der Waals surface area contributed by atoms with Crippen LogP contribution in [-0.4, -0.2) is 30.0 Å². The molecule has 1 aliphatic heterocycles. The Morgan fingerprint density at radius 3 is 2.31 bits per heavy atom. The van der Waals surface area contributed by atoms with E-state index in [9.17, 15) is 5.02 Å². The Balaban J connectivity index is 1.96. The van der Waals surface area contributed by atoms with Crippen LogP contribution < -0.4 is 5.73 Å². The minimum absolute atomic E-state index is 0.313. The van der Waals surface area contributed by atoms with Crippen LogP contribution in [0.15, 0.2) is 24.3 Å². The fourth-order valence-electron chi connectivity index (χ4n) is 2.37. The predicted octanol–water partition coefficient (Wildman–Crippen LogP) is 1.56. The number of nitrogens with zero attached hydrogens (tertiary/aromatic N) is 1. The third-order valence-electron chi connectivity index (χ3n) is 3.47. The fraction of sp³-hybridized carbons (Fsp3) is 0.500. The van der Waals surface area contributed by atoms with Gasteiger partial charge in [0.15, 0.2) is 0 Å². The highest BCUT2D eigenvalue weighted by molar-refractivity contribution is 6.45. The molecule has 0 amide bonds. The Labute approximate surface area is 97.4 Å². The first-order valence-corrected chi connectivity index (χ1v) is 5.94. The number of nitrogen functional groups attached to an aromatic ring is 1. The van der Waals surface area contributed by atoms with Crippen LogP contribution in [0.5, 0.6) is 0 Å². The van der Waals surface area contributed by atoms with Crippen molar-refractivity contribution in [1.82, 2.24) is 4.81 Å². The van der Waals surface area contributed by atoms with Crippen LogP contribution in [0.3, 0.4) is 0 Å². The van der Waals surface area contributed by atoms with Gasteiger partial charge in [0, 0.05) is 5.69 Å². The van der Waals surface area contributed by atoms with E-state index in [2.05, 4.69) is 16.9 Å². The standard InChI is InChI=1S/C12H19BN2O/c1-13(16)15-8-6-11(7-9-15)10-2-4-12(14)5-3-10/h2-5,11,16H,6-9,14H2,1H3. The molecule has 0 bridgehead atoms. The second-order valence-electron chi connectivity index (χ2n) is 4.61. The fourth-order valence-corrected chi connectivity index (χ4v) is 2.37. The molecule has 0 atom stereocenters. The van der Waals surface area contributed by atoms with E-state index in [1.54, 1.807) is 0 Å². The first-order chi connectivity index (χ1) is 7.66. The first kappa shape index (κ1) is 11.5. The minimum atomic E-state index is -0.313. The van der Waals surface area contributed by atoms with Gasteiger partial charge in [-0.05, 0) is 56.4 Å². The van der Waals surface area contributed by atoms with Crippen LogP contribution in [-0.2, 0) is 0 Å². The summed E-state index contributed by atoms with van der Waals surface area (Å²) in [5.41, 5.74) is 7.88. The van der Waals surface area contributed by atoms with Crippen LogP contribution in [0.4, 0.5) is 5.69 Å². The molecule has 0 radical (unpaired) electrons. The van der Waals surface area contributed by atoms with E-state index in [0.717, 1.165) is 31.6 Å². The van der Waals surface area contributed by atoms with Crippen LogP contribution in [0.2, 0.25) is 6.82 Å². The molecule has 3 N–H and O–H groups in total. The summed E-state index contributed by atoms with van der Waals surface area (Å²) in [5.74, 6) is 0.621. The number of piperidine rings is 1. The largest absolute Gasteiger partial charge is 0.437 e. The molecule has 86 valence electrons. The Kier molecular flexibility index (Phi) is 3.51. The van der Waals surface area contributed by atoms with Crippen molar-refractivity contribution in [1.29, 1.82) is 0 Å². The van der Waals surface area contributed by atoms with Crippen molar-refractivity contribution >= 4 is 12.7 Å². The second-order valence-corrected chi connectivity index (χ2v) is 4.61. The summed E-state index contributed by atoms with van der Waals surface area (Å²) >= 11 is 0. The smallest absolute Gasteiger partial charge is 0.376 e. The van der Waals surface area contributed by atoms with Gasteiger partial charge in [-0.1, -0.05) is 12.1 Å². The van der Waals surface area contributed by atoms with E-state index in [-0.39, 0.29) is 7.05 Å². The topological polar surface area (TPSA) is 49.5 Å². The summed E-state index contributed by atoms with van der Waals surface area (Å²) in [7, 11) is -0.313. The van der Waals surface area contributed by atoms with Gasteiger partial charge in [-0.2, -0.15) is 0 Å². The zero-order valence-electron chi connectivity index (χ0n) is 9.76. The molecule has 0 unspecified atom stereocenters. The Hall–Kier alpha value is -0.995. The lowest BCUT2D eigenvalue weighted by Crippen LogP contribution is -2.42. The summed E-state index contributed by atoms with van der Waals surface area (Å²) in [6.45, 7) is 3.79.